The maximum absolute atomic E-state index is 5.67. The molecule has 1 atom stereocenters. The van der Waals surface area contributed by atoms with Crippen LogP contribution in [0, 0.1) is 6.92 Å². The molecule has 1 aromatic rings. The van der Waals surface area contributed by atoms with Crippen LogP contribution in [0.3, 0.4) is 0 Å². The lowest BCUT2D eigenvalue weighted by Crippen LogP contribution is -2.06. The largest absolute Gasteiger partial charge is 0.465 e. The van der Waals surface area contributed by atoms with E-state index in [1.807, 2.05) is 14.0 Å². The summed E-state index contributed by atoms with van der Waals surface area (Å²) in [6, 6.07) is 2.06. The molecular formula is C12H21NO2. The lowest BCUT2D eigenvalue weighted by atomic mass is 10.2. The second-order valence-corrected chi connectivity index (χ2v) is 3.85. The minimum atomic E-state index is 0.312. The van der Waals surface area contributed by atoms with Crippen molar-refractivity contribution in [3.63, 3.8) is 0 Å². The van der Waals surface area contributed by atoms with Crippen molar-refractivity contribution >= 4 is 0 Å². The molecule has 0 aliphatic carbocycles. The van der Waals surface area contributed by atoms with Crippen LogP contribution in [0.4, 0.5) is 0 Å². The molecule has 0 fully saturated rings. The Hall–Kier alpha value is -0.800. The lowest BCUT2D eigenvalue weighted by Gasteiger charge is -2.09. The van der Waals surface area contributed by atoms with Crippen LogP contribution < -0.4 is 5.32 Å². The Labute approximate surface area is 91.8 Å². The number of rotatable bonds is 6. The molecular weight excluding hydrogens is 190 g/mol. The molecule has 0 radical (unpaired) electrons. The van der Waals surface area contributed by atoms with Gasteiger partial charge in [-0.05, 0) is 33.4 Å². The summed E-state index contributed by atoms with van der Waals surface area (Å²) >= 11 is 0. The van der Waals surface area contributed by atoms with Crippen molar-refractivity contribution in [2.45, 2.75) is 46.4 Å². The highest BCUT2D eigenvalue weighted by Gasteiger charge is 2.08. The minimum Gasteiger partial charge on any atom is -0.465 e. The second-order valence-electron chi connectivity index (χ2n) is 3.85. The SMILES string of the molecule is CCC(C)OCc1cc(CNC)oc1C. The third-order valence-corrected chi connectivity index (χ3v) is 2.52. The van der Waals surface area contributed by atoms with Crippen LogP contribution in [0.2, 0.25) is 0 Å². The number of ether oxygens (including phenoxy) is 1. The van der Waals surface area contributed by atoms with Crippen LogP contribution in [0.1, 0.15) is 37.4 Å². The van der Waals surface area contributed by atoms with E-state index in [4.69, 9.17) is 9.15 Å². The highest BCUT2D eigenvalue weighted by atomic mass is 16.5. The van der Waals surface area contributed by atoms with Crippen LogP contribution in [0.5, 0.6) is 0 Å². The Morgan fingerprint density at radius 2 is 2.27 bits per heavy atom. The second kappa shape index (κ2) is 5.93. The third kappa shape index (κ3) is 3.68. The van der Waals surface area contributed by atoms with Gasteiger partial charge >= 0.3 is 0 Å². The standard InChI is InChI=1S/C12H21NO2/c1-5-9(2)14-8-11-6-12(7-13-4)15-10(11)3/h6,9,13H,5,7-8H2,1-4H3. The van der Waals surface area contributed by atoms with Crippen LogP contribution in [-0.4, -0.2) is 13.2 Å². The molecule has 86 valence electrons. The summed E-state index contributed by atoms with van der Waals surface area (Å²) in [6.45, 7) is 7.61. The topological polar surface area (TPSA) is 34.4 Å². The van der Waals surface area contributed by atoms with Gasteiger partial charge < -0.3 is 14.5 Å². The van der Waals surface area contributed by atoms with E-state index in [1.54, 1.807) is 0 Å². The summed E-state index contributed by atoms with van der Waals surface area (Å²) in [6.07, 6.45) is 1.35. The van der Waals surface area contributed by atoms with Gasteiger partial charge in [0.2, 0.25) is 0 Å². The van der Waals surface area contributed by atoms with Gasteiger partial charge in [-0.2, -0.15) is 0 Å². The zero-order chi connectivity index (χ0) is 11.3. The first-order valence-corrected chi connectivity index (χ1v) is 5.51. The maximum atomic E-state index is 5.67. The van der Waals surface area contributed by atoms with Crippen molar-refractivity contribution in [3.8, 4) is 0 Å². The van der Waals surface area contributed by atoms with Gasteiger partial charge in [0, 0.05) is 5.56 Å². The first-order valence-electron chi connectivity index (χ1n) is 5.51. The highest BCUT2D eigenvalue weighted by molar-refractivity contribution is 5.19. The number of furan rings is 1. The third-order valence-electron chi connectivity index (χ3n) is 2.52. The van der Waals surface area contributed by atoms with E-state index in [2.05, 4.69) is 25.2 Å². The molecule has 1 unspecified atom stereocenters. The van der Waals surface area contributed by atoms with Gasteiger partial charge in [-0.25, -0.2) is 0 Å². The van der Waals surface area contributed by atoms with Gasteiger partial charge in [0.1, 0.15) is 11.5 Å². The maximum Gasteiger partial charge on any atom is 0.118 e. The van der Waals surface area contributed by atoms with E-state index >= 15 is 0 Å². The summed E-state index contributed by atoms with van der Waals surface area (Å²) < 4.78 is 11.2. The Bertz CT molecular complexity index is 294. The van der Waals surface area contributed by atoms with Gasteiger partial charge in [-0.3, -0.25) is 0 Å². The summed E-state index contributed by atoms with van der Waals surface area (Å²) in [5.74, 6) is 1.93. The van der Waals surface area contributed by atoms with Crippen LogP contribution in [0.15, 0.2) is 10.5 Å². The first-order chi connectivity index (χ1) is 7.17. The van der Waals surface area contributed by atoms with Crippen molar-refractivity contribution in [3.05, 3.63) is 23.2 Å². The molecule has 3 heteroatoms. The number of hydrogen-bond donors (Lipinski definition) is 1. The predicted octanol–water partition coefficient (Wildman–Crippen LogP) is 2.62. The van der Waals surface area contributed by atoms with Crippen LogP contribution in [-0.2, 0) is 17.9 Å². The van der Waals surface area contributed by atoms with E-state index in [9.17, 15) is 0 Å². The fourth-order valence-corrected chi connectivity index (χ4v) is 1.34. The van der Waals surface area contributed by atoms with E-state index in [1.165, 1.54) is 0 Å². The van der Waals surface area contributed by atoms with Gasteiger partial charge in [-0.1, -0.05) is 6.92 Å². The van der Waals surface area contributed by atoms with Gasteiger partial charge in [-0.15, -0.1) is 0 Å². The molecule has 1 rings (SSSR count). The summed E-state index contributed by atoms with van der Waals surface area (Å²) in [7, 11) is 1.91. The molecule has 0 saturated heterocycles. The molecule has 1 N–H and O–H groups in total. The van der Waals surface area contributed by atoms with Crippen LogP contribution in [0.25, 0.3) is 0 Å². The molecule has 0 aliphatic heterocycles. The molecule has 0 aromatic carbocycles. The smallest absolute Gasteiger partial charge is 0.118 e. The van der Waals surface area contributed by atoms with Gasteiger partial charge in [0.05, 0.1) is 19.3 Å². The monoisotopic (exact) mass is 211 g/mol. The molecule has 15 heavy (non-hydrogen) atoms. The molecule has 1 heterocycles. The van der Waals surface area contributed by atoms with Crippen molar-refractivity contribution < 1.29 is 9.15 Å². The fourth-order valence-electron chi connectivity index (χ4n) is 1.34. The Morgan fingerprint density at radius 3 is 2.87 bits per heavy atom. The summed E-state index contributed by atoms with van der Waals surface area (Å²) in [4.78, 5) is 0. The summed E-state index contributed by atoms with van der Waals surface area (Å²) in [5, 5.41) is 3.07. The highest BCUT2D eigenvalue weighted by Crippen LogP contribution is 2.16. The molecule has 0 aliphatic rings. The summed E-state index contributed by atoms with van der Waals surface area (Å²) in [5.41, 5.74) is 1.15. The van der Waals surface area contributed by atoms with Crippen LogP contribution >= 0.6 is 0 Å². The number of aryl methyl sites for hydroxylation is 1. The lowest BCUT2D eigenvalue weighted by molar-refractivity contribution is 0.0502. The van der Waals surface area contributed by atoms with Crippen molar-refractivity contribution in [2.75, 3.05) is 7.05 Å². The zero-order valence-corrected chi connectivity index (χ0v) is 10.1. The zero-order valence-electron chi connectivity index (χ0n) is 10.1. The molecule has 0 amide bonds. The number of nitrogens with one attached hydrogen (secondary N) is 1. The first kappa shape index (κ1) is 12.3. The van der Waals surface area contributed by atoms with E-state index < -0.39 is 0 Å². The van der Waals surface area contributed by atoms with Crippen molar-refractivity contribution in [1.82, 2.24) is 5.32 Å². The average Bonchev–Trinajstić information content (AvgIpc) is 2.56. The predicted molar refractivity (Wildman–Crippen MR) is 60.8 cm³/mol. The van der Waals surface area contributed by atoms with Gasteiger partial charge in [0.25, 0.3) is 0 Å². The van der Waals surface area contributed by atoms with Crippen molar-refractivity contribution in [2.24, 2.45) is 0 Å². The fraction of sp³-hybridized carbons (Fsp3) is 0.667. The Morgan fingerprint density at radius 1 is 1.53 bits per heavy atom. The van der Waals surface area contributed by atoms with E-state index in [-0.39, 0.29) is 0 Å². The minimum absolute atomic E-state index is 0.312. The molecule has 0 bridgehead atoms. The Balaban J connectivity index is 2.53. The Kier molecular flexibility index (Phi) is 4.85. The average molecular weight is 211 g/mol. The quantitative estimate of drug-likeness (QED) is 0.785. The normalized spacial score (nSPS) is 13.1. The van der Waals surface area contributed by atoms with Gasteiger partial charge in [0.15, 0.2) is 0 Å². The van der Waals surface area contributed by atoms with E-state index in [0.29, 0.717) is 12.7 Å². The molecule has 0 saturated carbocycles. The van der Waals surface area contributed by atoms with Crippen molar-refractivity contribution in [1.29, 1.82) is 0 Å². The molecule has 1 aromatic heterocycles. The van der Waals surface area contributed by atoms with E-state index in [0.717, 1.165) is 30.0 Å². The molecule has 3 nitrogen and oxygen atoms in total. The number of hydrogen-bond acceptors (Lipinski definition) is 3. The molecule has 0 spiro atoms.